The molecule has 2 aromatic carbocycles. The Morgan fingerprint density at radius 3 is 1.91 bits per heavy atom. The minimum atomic E-state index is -0.446. The van der Waals surface area contributed by atoms with Crippen molar-refractivity contribution in [3.63, 3.8) is 0 Å². The van der Waals surface area contributed by atoms with Gasteiger partial charge in [-0.25, -0.2) is 4.79 Å². The van der Waals surface area contributed by atoms with Gasteiger partial charge in [0.05, 0.1) is 20.3 Å². The number of unbranched alkanes of at least 4 members (excludes halogenated alkanes) is 4. The number of methoxy groups -OCH3 is 1. The summed E-state index contributed by atoms with van der Waals surface area (Å²) in [7, 11) is 1.36. The van der Waals surface area contributed by atoms with Gasteiger partial charge < -0.3 is 37.9 Å². The Bertz CT molecular complexity index is 1060. The van der Waals surface area contributed by atoms with Gasteiger partial charge in [0.1, 0.15) is 29.4 Å². The molecule has 0 bridgehead atoms. The standard InChI is InChI=1S/C35H50O9/c1-37-35(36)31-19-18-30(26-32(31)39-21-10-11-25-43-34-13-5-9-24-42-34)44-27-28-14-16-29(17-15-28)38-20-6-2-3-7-22-40-33-12-4-8-23-41-33/h14-19,26,33-34H,2-13,20-25,27H2,1H3. The maximum atomic E-state index is 12.3. The number of hydrogen-bond donors (Lipinski definition) is 0. The molecule has 2 aromatic rings. The van der Waals surface area contributed by atoms with Crippen LogP contribution in [0, 0.1) is 0 Å². The number of carbonyl (C=O) groups is 1. The Labute approximate surface area is 262 Å². The normalized spacial score (nSPS) is 18.5. The van der Waals surface area contributed by atoms with Gasteiger partial charge in [-0.2, -0.15) is 0 Å². The van der Waals surface area contributed by atoms with E-state index in [0.29, 0.717) is 43.5 Å². The van der Waals surface area contributed by atoms with Crippen molar-refractivity contribution in [3.05, 3.63) is 53.6 Å². The van der Waals surface area contributed by atoms with Crippen LogP contribution in [0.4, 0.5) is 0 Å². The lowest BCUT2D eigenvalue weighted by atomic mass is 10.2. The van der Waals surface area contributed by atoms with E-state index >= 15 is 0 Å². The Morgan fingerprint density at radius 2 is 1.27 bits per heavy atom. The highest BCUT2D eigenvalue weighted by Gasteiger charge is 2.16. The molecule has 2 aliphatic rings. The average Bonchev–Trinajstić information content (AvgIpc) is 3.07. The van der Waals surface area contributed by atoms with Gasteiger partial charge in [0.25, 0.3) is 0 Å². The quantitative estimate of drug-likeness (QED) is 0.113. The van der Waals surface area contributed by atoms with Crippen LogP contribution in [0.3, 0.4) is 0 Å². The predicted molar refractivity (Wildman–Crippen MR) is 166 cm³/mol. The molecule has 4 rings (SSSR count). The van der Waals surface area contributed by atoms with Crippen LogP contribution < -0.4 is 14.2 Å². The van der Waals surface area contributed by atoms with Crippen LogP contribution in [0.2, 0.25) is 0 Å². The highest BCUT2D eigenvalue weighted by molar-refractivity contribution is 5.92. The summed E-state index contributed by atoms with van der Waals surface area (Å²) in [6, 6.07) is 13.1. The molecular weight excluding hydrogens is 564 g/mol. The van der Waals surface area contributed by atoms with Crippen molar-refractivity contribution in [1.29, 1.82) is 0 Å². The lowest BCUT2D eigenvalue weighted by Crippen LogP contribution is -2.22. The molecule has 9 heteroatoms. The zero-order valence-corrected chi connectivity index (χ0v) is 26.3. The average molecular weight is 615 g/mol. The number of rotatable bonds is 20. The summed E-state index contributed by atoms with van der Waals surface area (Å²) in [6.45, 7) is 4.52. The zero-order chi connectivity index (χ0) is 30.7. The molecule has 2 aliphatic heterocycles. The van der Waals surface area contributed by atoms with Gasteiger partial charge >= 0.3 is 5.97 Å². The van der Waals surface area contributed by atoms with E-state index in [1.54, 1.807) is 18.2 Å². The van der Waals surface area contributed by atoms with Gasteiger partial charge in [-0.3, -0.25) is 0 Å². The van der Waals surface area contributed by atoms with Gasteiger partial charge in [0, 0.05) is 32.5 Å². The molecule has 0 amide bonds. The topological polar surface area (TPSA) is 90.9 Å². The number of hydrogen-bond acceptors (Lipinski definition) is 9. The van der Waals surface area contributed by atoms with Gasteiger partial charge in [0.15, 0.2) is 12.6 Å². The third-order valence-corrected chi connectivity index (χ3v) is 7.67. The molecule has 244 valence electrons. The summed E-state index contributed by atoms with van der Waals surface area (Å²) in [6.07, 6.45) is 12.5. The monoisotopic (exact) mass is 614 g/mol. The van der Waals surface area contributed by atoms with Crippen molar-refractivity contribution in [2.24, 2.45) is 0 Å². The molecule has 9 nitrogen and oxygen atoms in total. The van der Waals surface area contributed by atoms with Crippen LogP contribution in [-0.4, -0.2) is 65.3 Å². The van der Waals surface area contributed by atoms with Crippen LogP contribution in [-0.2, 0) is 30.3 Å². The number of esters is 1. The first kappa shape index (κ1) is 34.0. The summed E-state index contributed by atoms with van der Waals surface area (Å²) in [5, 5.41) is 0. The fraction of sp³-hybridized carbons (Fsp3) is 0.629. The lowest BCUT2D eigenvalue weighted by molar-refractivity contribution is -0.163. The van der Waals surface area contributed by atoms with Crippen molar-refractivity contribution < 1.29 is 42.7 Å². The maximum Gasteiger partial charge on any atom is 0.341 e. The highest BCUT2D eigenvalue weighted by atomic mass is 16.7. The number of benzene rings is 2. The molecule has 0 N–H and O–H groups in total. The molecule has 0 radical (unpaired) electrons. The Morgan fingerprint density at radius 1 is 0.682 bits per heavy atom. The Kier molecular flexibility index (Phi) is 15.6. The summed E-state index contributed by atoms with van der Waals surface area (Å²) < 4.78 is 45.6. The smallest absolute Gasteiger partial charge is 0.341 e. The van der Waals surface area contributed by atoms with E-state index in [-0.39, 0.29) is 12.6 Å². The summed E-state index contributed by atoms with van der Waals surface area (Å²) in [5.41, 5.74) is 1.39. The van der Waals surface area contributed by atoms with E-state index in [9.17, 15) is 4.79 Å². The molecule has 2 fully saturated rings. The van der Waals surface area contributed by atoms with Crippen molar-refractivity contribution in [2.45, 2.75) is 96.2 Å². The van der Waals surface area contributed by atoms with E-state index in [1.807, 2.05) is 24.3 Å². The van der Waals surface area contributed by atoms with E-state index < -0.39 is 5.97 Å². The maximum absolute atomic E-state index is 12.3. The minimum absolute atomic E-state index is 0.00659. The minimum Gasteiger partial charge on any atom is -0.494 e. The molecule has 2 atom stereocenters. The summed E-state index contributed by atoms with van der Waals surface area (Å²) in [4.78, 5) is 12.3. The third-order valence-electron chi connectivity index (χ3n) is 7.67. The van der Waals surface area contributed by atoms with Gasteiger partial charge in [-0.15, -0.1) is 0 Å². The van der Waals surface area contributed by atoms with Crippen LogP contribution >= 0.6 is 0 Å². The molecule has 2 saturated heterocycles. The second kappa shape index (κ2) is 20.2. The van der Waals surface area contributed by atoms with Crippen molar-refractivity contribution in [3.8, 4) is 17.2 Å². The third kappa shape index (κ3) is 12.6. The lowest BCUT2D eigenvalue weighted by Gasteiger charge is -2.22. The molecule has 2 unspecified atom stereocenters. The Hall–Kier alpha value is -2.85. The molecule has 0 spiro atoms. The van der Waals surface area contributed by atoms with Crippen molar-refractivity contribution in [2.75, 3.05) is 46.8 Å². The Balaban J connectivity index is 1.11. The van der Waals surface area contributed by atoms with Crippen molar-refractivity contribution in [1.82, 2.24) is 0 Å². The predicted octanol–water partition coefficient (Wildman–Crippen LogP) is 7.24. The molecule has 0 aromatic heterocycles. The fourth-order valence-corrected chi connectivity index (χ4v) is 5.09. The largest absolute Gasteiger partial charge is 0.494 e. The molecular formula is C35H50O9. The van der Waals surface area contributed by atoms with E-state index in [0.717, 1.165) is 102 Å². The molecule has 2 heterocycles. The first-order valence-corrected chi connectivity index (χ1v) is 16.4. The number of carbonyl (C=O) groups excluding carboxylic acids is 1. The van der Waals surface area contributed by atoms with Gasteiger partial charge in [-0.1, -0.05) is 18.6 Å². The van der Waals surface area contributed by atoms with Gasteiger partial charge in [0.2, 0.25) is 0 Å². The number of ether oxygens (including phenoxy) is 8. The van der Waals surface area contributed by atoms with Crippen LogP contribution in [0.1, 0.15) is 93.0 Å². The molecule has 0 aliphatic carbocycles. The van der Waals surface area contributed by atoms with Crippen LogP contribution in [0.25, 0.3) is 0 Å². The molecule has 44 heavy (non-hydrogen) atoms. The van der Waals surface area contributed by atoms with Crippen molar-refractivity contribution >= 4 is 5.97 Å². The highest BCUT2D eigenvalue weighted by Crippen LogP contribution is 2.27. The SMILES string of the molecule is COC(=O)c1ccc(OCc2ccc(OCCCCCCOC3CCCCO3)cc2)cc1OCCCCOC1CCCCO1. The second-order valence-corrected chi connectivity index (χ2v) is 11.2. The van der Waals surface area contributed by atoms with E-state index in [1.165, 1.54) is 13.5 Å². The second-order valence-electron chi connectivity index (χ2n) is 11.2. The fourth-order valence-electron chi connectivity index (χ4n) is 5.09. The van der Waals surface area contributed by atoms with Crippen LogP contribution in [0.15, 0.2) is 42.5 Å². The van der Waals surface area contributed by atoms with Crippen LogP contribution in [0.5, 0.6) is 17.2 Å². The van der Waals surface area contributed by atoms with E-state index in [2.05, 4.69) is 0 Å². The van der Waals surface area contributed by atoms with E-state index in [4.69, 9.17) is 37.9 Å². The summed E-state index contributed by atoms with van der Waals surface area (Å²) >= 11 is 0. The first-order chi connectivity index (χ1) is 21.7. The van der Waals surface area contributed by atoms with Gasteiger partial charge in [-0.05, 0) is 100 Å². The molecule has 0 saturated carbocycles. The summed E-state index contributed by atoms with van der Waals surface area (Å²) in [5.74, 6) is 1.46. The first-order valence-electron chi connectivity index (χ1n) is 16.4. The zero-order valence-electron chi connectivity index (χ0n) is 26.3.